The molecule has 0 atom stereocenters. The monoisotopic (exact) mass is 431 g/mol. The Morgan fingerprint density at radius 2 is 2.03 bits per heavy atom. The second-order valence-electron chi connectivity index (χ2n) is 8.68. The number of rotatable bonds is 6. The molecular weight excluding hydrogens is 402 g/mol. The SMILES string of the molecule is CC1=C(Cn2c(=O)n(C3CC3)c3ccncc32)NC(=NCCCO)c2ccccc2CC1. The fourth-order valence-electron chi connectivity index (χ4n) is 4.44. The maximum absolute atomic E-state index is 13.4. The Morgan fingerprint density at radius 1 is 1.19 bits per heavy atom. The number of aromatic nitrogens is 3. The van der Waals surface area contributed by atoms with Gasteiger partial charge in [-0.1, -0.05) is 29.8 Å². The first kappa shape index (κ1) is 20.7. The van der Waals surface area contributed by atoms with Crippen LogP contribution in [0.2, 0.25) is 0 Å². The summed E-state index contributed by atoms with van der Waals surface area (Å²) < 4.78 is 3.77. The lowest BCUT2D eigenvalue weighted by Crippen LogP contribution is -2.33. The highest BCUT2D eigenvalue weighted by molar-refractivity contribution is 6.01. The van der Waals surface area contributed by atoms with E-state index in [1.54, 1.807) is 12.4 Å². The number of aliphatic hydroxyl groups is 1. The molecule has 0 unspecified atom stereocenters. The summed E-state index contributed by atoms with van der Waals surface area (Å²) in [7, 11) is 0. The van der Waals surface area contributed by atoms with Crippen LogP contribution in [0.4, 0.5) is 0 Å². The molecule has 2 aliphatic rings. The molecule has 3 heterocycles. The van der Waals surface area contributed by atoms with Crippen molar-refractivity contribution in [2.75, 3.05) is 13.2 Å². The number of pyridine rings is 1. The number of fused-ring (bicyclic) bond motifs is 2. The van der Waals surface area contributed by atoms with Crippen LogP contribution >= 0.6 is 0 Å². The van der Waals surface area contributed by atoms with Gasteiger partial charge >= 0.3 is 5.69 Å². The topological polar surface area (TPSA) is 84.4 Å². The van der Waals surface area contributed by atoms with E-state index in [4.69, 9.17) is 4.99 Å². The van der Waals surface area contributed by atoms with Crippen molar-refractivity contribution in [2.45, 2.75) is 51.6 Å². The number of aliphatic hydroxyl groups excluding tert-OH is 1. The highest BCUT2D eigenvalue weighted by atomic mass is 16.3. The summed E-state index contributed by atoms with van der Waals surface area (Å²) in [5.74, 6) is 0.806. The number of imidazole rings is 1. The number of aryl methyl sites for hydroxylation is 1. The molecule has 32 heavy (non-hydrogen) atoms. The van der Waals surface area contributed by atoms with Crippen molar-refractivity contribution < 1.29 is 5.11 Å². The summed E-state index contributed by atoms with van der Waals surface area (Å²) in [5, 5.41) is 12.8. The van der Waals surface area contributed by atoms with E-state index in [-0.39, 0.29) is 12.3 Å². The van der Waals surface area contributed by atoms with Gasteiger partial charge in [0.25, 0.3) is 0 Å². The second-order valence-corrected chi connectivity index (χ2v) is 8.68. The van der Waals surface area contributed by atoms with Gasteiger partial charge in [0.05, 0.1) is 23.8 Å². The number of hydrogen-bond donors (Lipinski definition) is 2. The van der Waals surface area contributed by atoms with Crippen LogP contribution in [0.1, 0.15) is 49.8 Å². The normalized spacial score (nSPS) is 17.9. The van der Waals surface area contributed by atoms with Crippen LogP contribution in [0.3, 0.4) is 0 Å². The first-order valence-electron chi connectivity index (χ1n) is 11.4. The van der Waals surface area contributed by atoms with Gasteiger partial charge in [-0.2, -0.15) is 0 Å². The maximum atomic E-state index is 13.4. The molecule has 0 bridgehead atoms. The van der Waals surface area contributed by atoms with Crippen molar-refractivity contribution in [1.82, 2.24) is 19.4 Å². The van der Waals surface area contributed by atoms with E-state index in [0.29, 0.717) is 25.6 Å². The lowest BCUT2D eigenvalue weighted by Gasteiger charge is -2.22. The Balaban J connectivity index is 1.55. The molecule has 2 aromatic heterocycles. The minimum Gasteiger partial charge on any atom is -0.396 e. The Labute approximate surface area is 187 Å². The zero-order chi connectivity index (χ0) is 22.1. The van der Waals surface area contributed by atoms with Gasteiger partial charge in [0.1, 0.15) is 5.84 Å². The van der Waals surface area contributed by atoms with Gasteiger partial charge in [-0.15, -0.1) is 0 Å². The standard InChI is InChI=1S/C25H29N5O2/c1-17-7-8-18-5-2-3-6-20(18)24(27-12-4-14-31)28-21(17)16-29-23-15-26-13-11-22(23)30(25(29)32)19-9-10-19/h2-3,5-6,11,13,15,19,31H,4,7-10,12,14,16H2,1H3,(H,27,28). The molecule has 7 nitrogen and oxygen atoms in total. The predicted molar refractivity (Wildman–Crippen MR) is 126 cm³/mol. The fraction of sp³-hybridized carbons (Fsp3) is 0.400. The van der Waals surface area contributed by atoms with E-state index in [1.165, 1.54) is 11.1 Å². The van der Waals surface area contributed by atoms with Gasteiger partial charge in [-0.3, -0.25) is 19.1 Å². The van der Waals surface area contributed by atoms with Crippen molar-refractivity contribution in [1.29, 1.82) is 0 Å². The average Bonchev–Trinajstić information content (AvgIpc) is 3.60. The molecule has 166 valence electrons. The molecular formula is C25H29N5O2. The molecule has 0 spiro atoms. The smallest absolute Gasteiger partial charge is 0.329 e. The number of benzene rings is 1. The van der Waals surface area contributed by atoms with Gasteiger partial charge in [-0.05, 0) is 50.7 Å². The van der Waals surface area contributed by atoms with Crippen LogP contribution in [0.25, 0.3) is 11.0 Å². The number of hydrogen-bond acceptors (Lipinski definition) is 4. The van der Waals surface area contributed by atoms with Gasteiger partial charge in [0, 0.05) is 36.7 Å². The molecule has 0 saturated heterocycles. The highest BCUT2D eigenvalue weighted by Crippen LogP contribution is 2.36. The summed E-state index contributed by atoms with van der Waals surface area (Å²) >= 11 is 0. The van der Waals surface area contributed by atoms with Crippen molar-refractivity contribution in [3.63, 3.8) is 0 Å². The Bertz CT molecular complexity index is 1260. The Hall–Kier alpha value is -3.19. The van der Waals surface area contributed by atoms with E-state index in [0.717, 1.165) is 53.8 Å². The second kappa shape index (κ2) is 8.74. The molecule has 1 aliphatic carbocycles. The van der Waals surface area contributed by atoms with E-state index < -0.39 is 0 Å². The fourth-order valence-corrected chi connectivity index (χ4v) is 4.44. The molecule has 1 aliphatic heterocycles. The van der Waals surface area contributed by atoms with E-state index >= 15 is 0 Å². The first-order chi connectivity index (χ1) is 15.7. The van der Waals surface area contributed by atoms with E-state index in [1.807, 2.05) is 21.3 Å². The van der Waals surface area contributed by atoms with E-state index in [9.17, 15) is 9.90 Å². The molecule has 0 amide bonds. The summed E-state index contributed by atoms with van der Waals surface area (Å²) in [5.41, 5.74) is 6.42. The number of allylic oxidation sites excluding steroid dienone is 2. The molecule has 5 rings (SSSR count). The van der Waals surface area contributed by atoms with Gasteiger partial charge in [0.15, 0.2) is 0 Å². The molecule has 3 aromatic rings. The largest absolute Gasteiger partial charge is 0.396 e. The number of amidine groups is 1. The maximum Gasteiger partial charge on any atom is 0.329 e. The van der Waals surface area contributed by atoms with Gasteiger partial charge in [0.2, 0.25) is 0 Å². The lowest BCUT2D eigenvalue weighted by molar-refractivity contribution is 0.291. The molecule has 7 heteroatoms. The van der Waals surface area contributed by atoms with Crippen LogP contribution in [0.15, 0.2) is 63.8 Å². The molecule has 1 fully saturated rings. The van der Waals surface area contributed by atoms with Gasteiger partial charge < -0.3 is 10.4 Å². The third-order valence-corrected chi connectivity index (χ3v) is 6.41. The predicted octanol–water partition coefficient (Wildman–Crippen LogP) is 3.17. The quantitative estimate of drug-likeness (QED) is 0.587. The zero-order valence-electron chi connectivity index (χ0n) is 18.4. The average molecular weight is 432 g/mol. The molecule has 0 radical (unpaired) electrons. The summed E-state index contributed by atoms with van der Waals surface area (Å²) in [6.45, 7) is 3.24. The summed E-state index contributed by atoms with van der Waals surface area (Å²) in [6.07, 6.45) is 8.11. The third kappa shape index (κ3) is 3.88. The van der Waals surface area contributed by atoms with E-state index in [2.05, 4.69) is 35.4 Å². The molecule has 1 aromatic carbocycles. The highest BCUT2D eigenvalue weighted by Gasteiger charge is 2.29. The summed E-state index contributed by atoms with van der Waals surface area (Å²) in [4.78, 5) is 22.5. The number of nitrogens with one attached hydrogen (secondary N) is 1. The number of aliphatic imine (C=N–C) groups is 1. The molecule has 1 saturated carbocycles. The van der Waals surface area contributed by atoms with Crippen LogP contribution < -0.4 is 11.0 Å². The minimum atomic E-state index is 0.0267. The van der Waals surface area contributed by atoms with Gasteiger partial charge in [-0.25, -0.2) is 4.79 Å². The van der Waals surface area contributed by atoms with Crippen molar-refractivity contribution in [3.8, 4) is 0 Å². The third-order valence-electron chi connectivity index (χ3n) is 6.41. The van der Waals surface area contributed by atoms with Crippen LogP contribution in [0, 0.1) is 0 Å². The zero-order valence-corrected chi connectivity index (χ0v) is 18.4. The van der Waals surface area contributed by atoms with Crippen molar-refractivity contribution in [3.05, 3.63) is 75.6 Å². The first-order valence-corrected chi connectivity index (χ1v) is 11.4. The minimum absolute atomic E-state index is 0.0267. The Kier molecular flexibility index (Phi) is 5.66. The Morgan fingerprint density at radius 3 is 2.84 bits per heavy atom. The van der Waals surface area contributed by atoms with Crippen LogP contribution in [0.5, 0.6) is 0 Å². The van der Waals surface area contributed by atoms with Crippen molar-refractivity contribution in [2.24, 2.45) is 4.99 Å². The van der Waals surface area contributed by atoms with Crippen LogP contribution in [-0.4, -0.2) is 38.2 Å². The van der Waals surface area contributed by atoms with Crippen molar-refractivity contribution >= 4 is 16.9 Å². The molecule has 2 N–H and O–H groups in total. The van der Waals surface area contributed by atoms with Crippen LogP contribution in [-0.2, 0) is 13.0 Å². The summed E-state index contributed by atoms with van der Waals surface area (Å²) in [6, 6.07) is 10.6. The lowest BCUT2D eigenvalue weighted by atomic mass is 9.96. The number of nitrogens with zero attached hydrogens (tertiary/aromatic N) is 4.